The van der Waals surface area contributed by atoms with Gasteiger partial charge < -0.3 is 10.3 Å². The van der Waals surface area contributed by atoms with Gasteiger partial charge in [-0.05, 0) is 79.1 Å². The van der Waals surface area contributed by atoms with Crippen molar-refractivity contribution in [3.63, 3.8) is 0 Å². The van der Waals surface area contributed by atoms with Gasteiger partial charge in [0, 0.05) is 17.9 Å². The van der Waals surface area contributed by atoms with Crippen molar-refractivity contribution in [3.05, 3.63) is 59.4 Å². The summed E-state index contributed by atoms with van der Waals surface area (Å²) >= 11 is 0. The first kappa shape index (κ1) is 20.8. The Bertz CT molecular complexity index is 1200. The van der Waals surface area contributed by atoms with Gasteiger partial charge >= 0.3 is 0 Å². The monoisotopic (exact) mass is 441 g/mol. The molecule has 1 aliphatic carbocycles. The van der Waals surface area contributed by atoms with Crippen molar-refractivity contribution in [2.45, 2.75) is 37.6 Å². The topological polar surface area (TPSA) is 74.0 Å². The van der Waals surface area contributed by atoms with Crippen LogP contribution in [-0.2, 0) is 9.59 Å². The molecule has 2 aliphatic rings. The van der Waals surface area contributed by atoms with Gasteiger partial charge in [0.05, 0.1) is 17.3 Å². The van der Waals surface area contributed by atoms with Gasteiger partial charge in [0.25, 0.3) is 0 Å². The molecule has 2 amide bonds. The average Bonchev–Trinajstić information content (AvgIpc) is 3.08. The van der Waals surface area contributed by atoms with Gasteiger partial charge in [-0.2, -0.15) is 0 Å². The Labute approximate surface area is 182 Å². The number of nitrogens with one attached hydrogen (secondary N) is 3. The van der Waals surface area contributed by atoms with Crippen LogP contribution in [0.25, 0.3) is 22.2 Å². The second kappa shape index (κ2) is 8.09. The minimum atomic E-state index is -0.662. The number of rotatable bonds is 5. The molecule has 1 unspecified atom stereocenters. The fourth-order valence-corrected chi connectivity index (χ4v) is 4.84. The standard InChI is InChI=1S/C24H22F3N3O2/c25-15-3-1-13(2-4-15)22-21(17-9-16(26)10-18(27)23(17)30-22)14-7-12(8-14)11-28-19-5-6-20(31)29-24(19)32/h1-4,9-10,12,14,19,28,30H,5-8,11H2,(H,29,31,32). The summed E-state index contributed by atoms with van der Waals surface area (Å²) in [5.74, 6) is -1.83. The van der Waals surface area contributed by atoms with Crippen molar-refractivity contribution in [2.75, 3.05) is 6.54 Å². The molecule has 166 valence electrons. The van der Waals surface area contributed by atoms with Crippen LogP contribution in [-0.4, -0.2) is 29.4 Å². The maximum Gasteiger partial charge on any atom is 0.243 e. The van der Waals surface area contributed by atoms with E-state index in [1.807, 2.05) is 0 Å². The number of hydrogen-bond acceptors (Lipinski definition) is 3. The first-order valence-electron chi connectivity index (χ1n) is 10.7. The highest BCUT2D eigenvalue weighted by Gasteiger charge is 2.36. The zero-order valence-corrected chi connectivity index (χ0v) is 17.2. The minimum absolute atomic E-state index is 0.0820. The SMILES string of the molecule is O=C1CCC(NCC2CC(c3c(-c4ccc(F)cc4)[nH]c4c(F)cc(F)cc34)C2)C(=O)N1. The summed E-state index contributed by atoms with van der Waals surface area (Å²) in [6.07, 6.45) is 2.39. The Morgan fingerprint density at radius 3 is 2.47 bits per heavy atom. The summed E-state index contributed by atoms with van der Waals surface area (Å²) in [5.41, 5.74) is 2.46. The number of piperidine rings is 1. The molecular formula is C24H22F3N3O2. The second-order valence-corrected chi connectivity index (χ2v) is 8.68. The molecule has 1 aliphatic heterocycles. The van der Waals surface area contributed by atoms with Crippen molar-refractivity contribution in [1.82, 2.24) is 15.6 Å². The first-order chi connectivity index (χ1) is 15.4. The van der Waals surface area contributed by atoms with Gasteiger partial charge in [0.2, 0.25) is 11.8 Å². The predicted molar refractivity (Wildman–Crippen MR) is 113 cm³/mol. The van der Waals surface area contributed by atoms with Crippen LogP contribution in [0.15, 0.2) is 36.4 Å². The number of benzene rings is 2. The number of fused-ring (bicyclic) bond motifs is 1. The van der Waals surface area contributed by atoms with E-state index in [2.05, 4.69) is 15.6 Å². The molecule has 1 saturated carbocycles. The van der Waals surface area contributed by atoms with Gasteiger partial charge in [-0.25, -0.2) is 13.2 Å². The molecule has 2 fully saturated rings. The van der Waals surface area contributed by atoms with Gasteiger partial charge in [0.1, 0.15) is 17.5 Å². The third-order valence-electron chi connectivity index (χ3n) is 6.53. The smallest absolute Gasteiger partial charge is 0.243 e. The summed E-state index contributed by atoms with van der Waals surface area (Å²) in [6.45, 7) is 0.625. The van der Waals surface area contributed by atoms with E-state index in [1.54, 1.807) is 12.1 Å². The summed E-state index contributed by atoms with van der Waals surface area (Å²) in [5, 5.41) is 6.08. The Morgan fingerprint density at radius 1 is 1.00 bits per heavy atom. The van der Waals surface area contributed by atoms with Crippen molar-refractivity contribution in [2.24, 2.45) is 5.92 Å². The lowest BCUT2D eigenvalue weighted by Crippen LogP contribution is -2.52. The van der Waals surface area contributed by atoms with E-state index in [-0.39, 0.29) is 35.1 Å². The maximum absolute atomic E-state index is 14.5. The van der Waals surface area contributed by atoms with Crippen molar-refractivity contribution >= 4 is 22.7 Å². The lowest BCUT2D eigenvalue weighted by atomic mass is 9.70. The fourth-order valence-electron chi connectivity index (χ4n) is 4.84. The van der Waals surface area contributed by atoms with Gasteiger partial charge in [-0.15, -0.1) is 0 Å². The number of hydrogen-bond donors (Lipinski definition) is 3. The highest BCUT2D eigenvalue weighted by Crippen LogP contribution is 2.48. The van der Waals surface area contributed by atoms with Crippen LogP contribution in [0.5, 0.6) is 0 Å². The molecule has 5 nitrogen and oxygen atoms in total. The minimum Gasteiger partial charge on any atom is -0.352 e. The van der Waals surface area contributed by atoms with Crippen LogP contribution in [0, 0.1) is 23.4 Å². The van der Waals surface area contributed by atoms with Gasteiger partial charge in [-0.1, -0.05) is 0 Å². The van der Waals surface area contributed by atoms with Crippen LogP contribution < -0.4 is 10.6 Å². The number of amides is 2. The summed E-state index contributed by atoms with van der Waals surface area (Å²) in [6, 6.07) is 7.75. The molecule has 1 atom stereocenters. The molecule has 1 aromatic heterocycles. The first-order valence-corrected chi connectivity index (χ1v) is 10.7. The normalized spacial score (nSPS) is 23.3. The van der Waals surface area contributed by atoms with E-state index in [0.29, 0.717) is 41.9 Å². The Balaban J connectivity index is 1.37. The van der Waals surface area contributed by atoms with E-state index < -0.39 is 11.6 Å². The number of aromatic amines is 1. The van der Waals surface area contributed by atoms with Gasteiger partial charge in [0.15, 0.2) is 0 Å². The Kier molecular flexibility index (Phi) is 5.25. The largest absolute Gasteiger partial charge is 0.352 e. The van der Waals surface area contributed by atoms with Crippen LogP contribution in [0.1, 0.15) is 37.2 Å². The van der Waals surface area contributed by atoms with Crippen LogP contribution >= 0.6 is 0 Å². The third-order valence-corrected chi connectivity index (χ3v) is 6.53. The van der Waals surface area contributed by atoms with Crippen molar-refractivity contribution < 1.29 is 22.8 Å². The molecule has 2 heterocycles. The molecule has 2 aromatic carbocycles. The fraction of sp³-hybridized carbons (Fsp3) is 0.333. The highest BCUT2D eigenvalue weighted by atomic mass is 19.1. The molecule has 0 radical (unpaired) electrons. The molecule has 0 spiro atoms. The van der Waals surface area contributed by atoms with E-state index in [9.17, 15) is 22.8 Å². The zero-order chi connectivity index (χ0) is 22.4. The van der Waals surface area contributed by atoms with Gasteiger partial charge in [-0.3, -0.25) is 14.9 Å². The van der Waals surface area contributed by atoms with E-state index in [4.69, 9.17) is 0 Å². The lowest BCUT2D eigenvalue weighted by Gasteiger charge is -2.37. The molecule has 1 saturated heterocycles. The summed E-state index contributed by atoms with van der Waals surface area (Å²) in [4.78, 5) is 26.3. The number of carbonyl (C=O) groups is 2. The van der Waals surface area contributed by atoms with E-state index >= 15 is 0 Å². The van der Waals surface area contributed by atoms with Crippen LogP contribution in [0.3, 0.4) is 0 Å². The molecule has 8 heteroatoms. The van der Waals surface area contributed by atoms with E-state index in [1.165, 1.54) is 18.2 Å². The third kappa shape index (κ3) is 3.79. The number of carbonyl (C=O) groups excluding carboxylic acids is 2. The predicted octanol–water partition coefficient (Wildman–Crippen LogP) is 4.14. The van der Waals surface area contributed by atoms with Crippen LogP contribution in [0.2, 0.25) is 0 Å². The Morgan fingerprint density at radius 2 is 1.75 bits per heavy atom. The van der Waals surface area contributed by atoms with Crippen molar-refractivity contribution in [1.29, 1.82) is 0 Å². The molecule has 3 N–H and O–H groups in total. The lowest BCUT2D eigenvalue weighted by molar-refractivity contribution is -0.134. The number of H-pyrrole nitrogens is 1. The second-order valence-electron chi connectivity index (χ2n) is 8.68. The number of aromatic nitrogens is 1. The van der Waals surface area contributed by atoms with E-state index in [0.717, 1.165) is 24.5 Å². The molecule has 0 bridgehead atoms. The van der Waals surface area contributed by atoms with Crippen LogP contribution in [0.4, 0.5) is 13.2 Å². The Hall–Kier alpha value is -3.13. The molecule has 5 rings (SSSR count). The number of imide groups is 1. The summed E-state index contributed by atoms with van der Waals surface area (Å²) < 4.78 is 41.9. The number of halogens is 3. The molecule has 32 heavy (non-hydrogen) atoms. The average molecular weight is 441 g/mol. The highest BCUT2D eigenvalue weighted by molar-refractivity contribution is 6.00. The zero-order valence-electron chi connectivity index (χ0n) is 17.2. The van der Waals surface area contributed by atoms with Crippen molar-refractivity contribution in [3.8, 4) is 11.3 Å². The molecule has 3 aromatic rings. The quantitative estimate of drug-likeness (QED) is 0.521. The molecular weight excluding hydrogens is 419 g/mol. The maximum atomic E-state index is 14.5. The summed E-state index contributed by atoms with van der Waals surface area (Å²) in [7, 11) is 0.